The zero-order chi connectivity index (χ0) is 20.7. The van der Waals surface area contributed by atoms with Gasteiger partial charge in [-0.1, -0.05) is 32.6 Å². The number of aliphatic hydroxyl groups is 2. The van der Waals surface area contributed by atoms with Crippen molar-refractivity contribution >= 4 is 19.8 Å². The number of carbonyl (C=O) groups is 2. The molecule has 0 aliphatic heterocycles. The lowest BCUT2D eigenvalue weighted by molar-refractivity contribution is -0.153. The van der Waals surface area contributed by atoms with E-state index in [1.54, 1.807) is 0 Å². The number of aliphatic hydroxyl groups excluding tert-OH is 2. The van der Waals surface area contributed by atoms with E-state index >= 15 is 0 Å². The topological polar surface area (TPSA) is 149 Å². The van der Waals surface area contributed by atoms with Crippen LogP contribution in [-0.2, 0) is 32.7 Å². The molecule has 0 spiro atoms. The Kier molecular flexibility index (Phi) is 14.4. The van der Waals surface area contributed by atoms with Crippen molar-refractivity contribution in [2.75, 3.05) is 26.4 Å². The molecule has 0 amide bonds. The molecule has 3 atom stereocenters. The molecule has 0 bridgehead atoms. The third-order valence-electron chi connectivity index (χ3n) is 3.37. The summed E-state index contributed by atoms with van der Waals surface area (Å²) in [7, 11) is -4.55. The number of rotatable bonds is 16. The van der Waals surface area contributed by atoms with Crippen LogP contribution in [0, 0.1) is 0 Å². The molecular weight excluding hydrogens is 383 g/mol. The smallest absolute Gasteiger partial charge is 0.458 e. The first-order valence-electron chi connectivity index (χ1n) is 8.94. The van der Waals surface area contributed by atoms with E-state index in [9.17, 15) is 24.2 Å². The number of phosphoric ester groups is 1. The number of esters is 2. The zero-order valence-corrected chi connectivity index (χ0v) is 16.8. The maximum atomic E-state index is 11.8. The first-order chi connectivity index (χ1) is 12.7. The van der Waals surface area contributed by atoms with Crippen LogP contribution >= 0.6 is 7.82 Å². The first kappa shape index (κ1) is 26.0. The Morgan fingerprint density at radius 3 is 1.93 bits per heavy atom. The van der Waals surface area contributed by atoms with Crippen LogP contribution in [0.3, 0.4) is 0 Å². The lowest BCUT2D eigenvalue weighted by Crippen LogP contribution is -2.28. The van der Waals surface area contributed by atoms with Crippen molar-refractivity contribution in [2.45, 2.75) is 64.6 Å². The molecule has 10 nitrogen and oxygen atoms in total. The van der Waals surface area contributed by atoms with Crippen LogP contribution in [0.15, 0.2) is 0 Å². The molecule has 0 heterocycles. The maximum Gasteiger partial charge on any atom is 0.472 e. The molecule has 0 aliphatic carbocycles. The highest BCUT2D eigenvalue weighted by atomic mass is 31.2. The standard InChI is InChI=1S/C16H31O10P/c1-3-4-5-6-7-8-16(20)26-15(10-18)12-24-27(21,22)23-11-14(9-17)25-13(2)19/h14-15,17-18H,3-12H2,1-2H3,(H,21,22). The summed E-state index contributed by atoms with van der Waals surface area (Å²) in [5, 5.41) is 18.2. The van der Waals surface area contributed by atoms with Gasteiger partial charge in [-0.05, 0) is 6.42 Å². The summed E-state index contributed by atoms with van der Waals surface area (Å²) < 4.78 is 30.7. The summed E-state index contributed by atoms with van der Waals surface area (Å²) in [6.07, 6.45) is 2.75. The molecule has 3 unspecified atom stereocenters. The van der Waals surface area contributed by atoms with Crippen LogP contribution in [0.2, 0.25) is 0 Å². The van der Waals surface area contributed by atoms with Crippen molar-refractivity contribution < 1.29 is 47.8 Å². The Labute approximate surface area is 159 Å². The van der Waals surface area contributed by atoms with Crippen LogP contribution < -0.4 is 0 Å². The second-order valence-corrected chi connectivity index (χ2v) is 7.39. The van der Waals surface area contributed by atoms with Crippen molar-refractivity contribution in [1.82, 2.24) is 0 Å². The molecule has 0 saturated carbocycles. The van der Waals surface area contributed by atoms with Gasteiger partial charge in [0, 0.05) is 13.3 Å². The first-order valence-corrected chi connectivity index (χ1v) is 10.4. The van der Waals surface area contributed by atoms with E-state index in [4.69, 9.17) is 9.84 Å². The average molecular weight is 414 g/mol. The van der Waals surface area contributed by atoms with Gasteiger partial charge in [0.2, 0.25) is 0 Å². The van der Waals surface area contributed by atoms with Gasteiger partial charge in [0.25, 0.3) is 0 Å². The summed E-state index contributed by atoms with van der Waals surface area (Å²) in [5.74, 6) is -1.22. The van der Waals surface area contributed by atoms with Gasteiger partial charge in [-0.3, -0.25) is 18.6 Å². The lowest BCUT2D eigenvalue weighted by Gasteiger charge is -2.20. The third-order valence-corrected chi connectivity index (χ3v) is 4.32. The maximum absolute atomic E-state index is 11.8. The lowest BCUT2D eigenvalue weighted by atomic mass is 10.1. The molecular formula is C16H31O10P. The molecule has 0 fully saturated rings. The van der Waals surface area contributed by atoms with Crippen molar-refractivity contribution in [2.24, 2.45) is 0 Å². The number of hydrogen-bond acceptors (Lipinski definition) is 9. The van der Waals surface area contributed by atoms with Crippen molar-refractivity contribution in [1.29, 1.82) is 0 Å². The van der Waals surface area contributed by atoms with Gasteiger partial charge in [-0.15, -0.1) is 0 Å². The molecule has 11 heteroatoms. The third kappa shape index (κ3) is 14.7. The second kappa shape index (κ2) is 15.0. The zero-order valence-electron chi connectivity index (χ0n) is 15.9. The van der Waals surface area contributed by atoms with Gasteiger partial charge in [-0.2, -0.15) is 0 Å². The minimum Gasteiger partial charge on any atom is -0.458 e. The number of carbonyl (C=O) groups excluding carboxylic acids is 2. The monoisotopic (exact) mass is 414 g/mol. The molecule has 0 radical (unpaired) electrons. The van der Waals surface area contributed by atoms with Crippen LogP contribution in [0.4, 0.5) is 0 Å². The largest absolute Gasteiger partial charge is 0.472 e. The van der Waals surface area contributed by atoms with Crippen LogP contribution in [0.1, 0.15) is 52.4 Å². The molecule has 0 aromatic heterocycles. The molecule has 0 aliphatic rings. The predicted octanol–water partition coefficient (Wildman–Crippen LogP) is 1.31. The SMILES string of the molecule is CCCCCCCC(=O)OC(CO)COP(=O)(O)OCC(CO)OC(C)=O. The van der Waals surface area contributed by atoms with Gasteiger partial charge in [0.05, 0.1) is 26.4 Å². The van der Waals surface area contributed by atoms with E-state index in [0.717, 1.165) is 32.6 Å². The fourth-order valence-electron chi connectivity index (χ4n) is 1.99. The van der Waals surface area contributed by atoms with E-state index in [0.29, 0.717) is 6.42 Å². The number of unbranched alkanes of at least 4 members (excludes halogenated alkanes) is 4. The molecule has 160 valence electrons. The van der Waals surface area contributed by atoms with Crippen molar-refractivity contribution in [3.8, 4) is 0 Å². The molecule has 0 aromatic carbocycles. The highest BCUT2D eigenvalue weighted by molar-refractivity contribution is 7.47. The molecule has 3 N–H and O–H groups in total. The minimum atomic E-state index is -4.55. The van der Waals surface area contributed by atoms with E-state index < -0.39 is 58.4 Å². The molecule has 0 saturated heterocycles. The number of ether oxygens (including phenoxy) is 2. The normalized spacial score (nSPS) is 15.6. The van der Waals surface area contributed by atoms with Gasteiger partial charge in [-0.25, -0.2) is 4.57 Å². The molecule has 0 rings (SSSR count). The van der Waals surface area contributed by atoms with E-state index in [1.807, 2.05) is 0 Å². The highest BCUT2D eigenvalue weighted by Crippen LogP contribution is 2.43. The van der Waals surface area contributed by atoms with Crippen molar-refractivity contribution in [3.63, 3.8) is 0 Å². The van der Waals surface area contributed by atoms with Gasteiger partial charge >= 0.3 is 19.8 Å². The Hall–Kier alpha value is -1.03. The number of phosphoric acid groups is 1. The van der Waals surface area contributed by atoms with Crippen LogP contribution in [0.5, 0.6) is 0 Å². The van der Waals surface area contributed by atoms with Crippen LogP contribution in [-0.4, -0.2) is 65.7 Å². The summed E-state index contributed by atoms with van der Waals surface area (Å²) in [5.41, 5.74) is 0. The molecule has 0 aromatic rings. The summed E-state index contributed by atoms with van der Waals surface area (Å²) in [6.45, 7) is 0.892. The van der Waals surface area contributed by atoms with Gasteiger partial charge in [0.1, 0.15) is 12.2 Å². The summed E-state index contributed by atoms with van der Waals surface area (Å²) in [4.78, 5) is 32.1. The van der Waals surface area contributed by atoms with Gasteiger partial charge < -0.3 is 24.6 Å². The van der Waals surface area contributed by atoms with E-state index in [1.165, 1.54) is 0 Å². The Bertz CT molecular complexity index is 470. The molecule has 27 heavy (non-hydrogen) atoms. The second-order valence-electron chi connectivity index (χ2n) is 5.93. The Balaban J connectivity index is 4.20. The quantitative estimate of drug-likeness (QED) is 0.192. The minimum absolute atomic E-state index is 0.189. The summed E-state index contributed by atoms with van der Waals surface area (Å²) >= 11 is 0. The summed E-state index contributed by atoms with van der Waals surface area (Å²) in [6, 6.07) is 0. The van der Waals surface area contributed by atoms with Gasteiger partial charge in [0.15, 0.2) is 0 Å². The van der Waals surface area contributed by atoms with Crippen LogP contribution in [0.25, 0.3) is 0 Å². The van der Waals surface area contributed by atoms with E-state index in [-0.39, 0.29) is 6.42 Å². The van der Waals surface area contributed by atoms with E-state index in [2.05, 4.69) is 20.7 Å². The van der Waals surface area contributed by atoms with Crippen molar-refractivity contribution in [3.05, 3.63) is 0 Å². The Morgan fingerprint density at radius 2 is 1.44 bits per heavy atom. The highest BCUT2D eigenvalue weighted by Gasteiger charge is 2.27. The predicted molar refractivity (Wildman–Crippen MR) is 94.7 cm³/mol. The fourth-order valence-corrected chi connectivity index (χ4v) is 2.78. The average Bonchev–Trinajstić information content (AvgIpc) is 2.61. The Morgan fingerprint density at radius 1 is 0.926 bits per heavy atom. The fraction of sp³-hybridized carbons (Fsp3) is 0.875. The number of hydrogen-bond donors (Lipinski definition) is 3.